The lowest BCUT2D eigenvalue weighted by Crippen LogP contribution is -2.35. The Hall–Kier alpha value is -1.60. The first-order valence-electron chi connectivity index (χ1n) is 8.41. The van der Waals surface area contributed by atoms with Gasteiger partial charge >= 0.3 is 12.3 Å². The number of sulfone groups is 1. The molecule has 2 rings (SSSR count). The van der Waals surface area contributed by atoms with Crippen LogP contribution in [0.25, 0.3) is 0 Å². The molecule has 0 bridgehead atoms. The molecule has 0 aliphatic heterocycles. The minimum absolute atomic E-state index is 0.347. The highest BCUT2D eigenvalue weighted by Gasteiger charge is 2.65. The molecule has 0 spiro atoms. The normalized spacial score (nSPS) is 15.1. The summed E-state index contributed by atoms with van der Waals surface area (Å²) in [5, 5.41) is -0.559. The summed E-state index contributed by atoms with van der Waals surface area (Å²) in [7, 11) is -9.75. The minimum atomic E-state index is -4.89. The topological polar surface area (TPSA) is 82.6 Å². The molecule has 0 saturated carbocycles. The smallest absolute Gasteiger partial charge is 0.303 e. The summed E-state index contributed by atoms with van der Waals surface area (Å²) in [5.41, 5.74) is -0.347. The summed E-state index contributed by atoms with van der Waals surface area (Å²) in [6, 6.07) is 11.0. The minimum Gasteiger partial charge on any atom is -0.303 e. The van der Waals surface area contributed by atoms with Gasteiger partial charge in [-0.3, -0.25) is 4.57 Å². The Bertz CT molecular complexity index is 892. The average Bonchev–Trinajstić information content (AvgIpc) is 2.60. The number of halogens is 1. The third-order valence-corrected chi connectivity index (χ3v) is 8.94. The Morgan fingerprint density at radius 3 is 1.93 bits per heavy atom. The van der Waals surface area contributed by atoms with E-state index in [9.17, 15) is 13.0 Å². The van der Waals surface area contributed by atoms with Crippen molar-refractivity contribution in [2.45, 2.75) is 49.7 Å². The van der Waals surface area contributed by atoms with Crippen molar-refractivity contribution in [1.29, 1.82) is 0 Å². The van der Waals surface area contributed by atoms with Gasteiger partial charge in [0.15, 0.2) is 5.03 Å². The number of hydrogen-bond acceptors (Lipinski definition) is 6. The molecule has 1 unspecified atom stereocenters. The largest absolute Gasteiger partial charge is 0.388 e. The Morgan fingerprint density at radius 2 is 1.48 bits per heavy atom. The van der Waals surface area contributed by atoms with E-state index in [1.165, 1.54) is 70.3 Å². The van der Waals surface area contributed by atoms with E-state index in [1.807, 2.05) is 0 Å². The van der Waals surface area contributed by atoms with E-state index in [0.29, 0.717) is 0 Å². The Balaban J connectivity index is 2.83. The fraction of sp³-hybridized carbons (Fsp3) is 0.389. The first kappa shape index (κ1) is 21.7. The van der Waals surface area contributed by atoms with Crippen molar-refractivity contribution < 1.29 is 26.4 Å². The van der Waals surface area contributed by atoms with Crippen molar-refractivity contribution >= 4 is 17.4 Å². The van der Waals surface area contributed by atoms with Gasteiger partial charge in [0.25, 0.3) is 0 Å². The second-order valence-corrected chi connectivity index (χ2v) is 10.7. The molecule has 0 saturated heterocycles. The second kappa shape index (κ2) is 8.19. The van der Waals surface area contributed by atoms with Crippen LogP contribution in [-0.4, -0.2) is 25.6 Å². The van der Waals surface area contributed by atoms with Crippen LogP contribution in [0.2, 0.25) is 0 Å². The summed E-state index contributed by atoms with van der Waals surface area (Å²) in [5.74, 6) is 0. The molecule has 1 aromatic heterocycles. The number of aromatic nitrogens is 1. The molecule has 0 aliphatic carbocycles. The molecule has 0 radical (unpaired) electrons. The van der Waals surface area contributed by atoms with E-state index >= 15 is 4.39 Å². The molecule has 6 nitrogen and oxygen atoms in total. The zero-order chi connectivity index (χ0) is 20.3. The van der Waals surface area contributed by atoms with Gasteiger partial charge in [0, 0.05) is 11.8 Å². The molecule has 0 N–H and O–H groups in total. The predicted octanol–water partition coefficient (Wildman–Crippen LogP) is 4.68. The highest BCUT2D eigenvalue weighted by Crippen LogP contribution is 2.70. The van der Waals surface area contributed by atoms with Gasteiger partial charge in [-0.05, 0) is 39.8 Å². The molecule has 0 aliphatic rings. The first-order chi connectivity index (χ1) is 12.5. The summed E-state index contributed by atoms with van der Waals surface area (Å²) < 4.78 is 64.0. The monoisotopic (exact) mass is 415 g/mol. The van der Waals surface area contributed by atoms with Crippen LogP contribution in [0.15, 0.2) is 59.8 Å². The van der Waals surface area contributed by atoms with Crippen LogP contribution < -0.4 is 0 Å². The van der Waals surface area contributed by atoms with Crippen LogP contribution >= 0.6 is 7.60 Å². The maximum Gasteiger partial charge on any atom is 0.388 e. The Kier molecular flexibility index (Phi) is 6.58. The molecule has 1 heterocycles. The van der Waals surface area contributed by atoms with Crippen molar-refractivity contribution in [2.75, 3.05) is 0 Å². The Labute approximate surface area is 159 Å². The third kappa shape index (κ3) is 4.14. The number of hydrogen-bond donors (Lipinski definition) is 0. The van der Waals surface area contributed by atoms with E-state index in [0.717, 1.165) is 6.07 Å². The maximum atomic E-state index is 16.6. The zero-order valence-electron chi connectivity index (χ0n) is 15.6. The molecule has 9 heteroatoms. The lowest BCUT2D eigenvalue weighted by Gasteiger charge is -2.34. The SMILES string of the molecule is CC(C)OP(=O)(OC(C)C)C(F)(c1ccccc1)S(=O)(=O)c1ccccn1. The molecule has 1 atom stereocenters. The van der Waals surface area contributed by atoms with Gasteiger partial charge in [0.1, 0.15) is 0 Å². The van der Waals surface area contributed by atoms with Crippen LogP contribution in [0.4, 0.5) is 4.39 Å². The van der Waals surface area contributed by atoms with Gasteiger partial charge in [-0.1, -0.05) is 36.4 Å². The van der Waals surface area contributed by atoms with E-state index in [4.69, 9.17) is 9.05 Å². The zero-order valence-corrected chi connectivity index (χ0v) is 17.3. The van der Waals surface area contributed by atoms with E-state index in [1.54, 1.807) is 6.07 Å². The molecular formula is C18H23FNO5PS. The van der Waals surface area contributed by atoms with Gasteiger partial charge in [-0.25, -0.2) is 17.8 Å². The third-order valence-electron chi connectivity index (χ3n) is 3.45. The van der Waals surface area contributed by atoms with Gasteiger partial charge in [-0.2, -0.15) is 0 Å². The fourth-order valence-corrected chi connectivity index (χ4v) is 7.26. The van der Waals surface area contributed by atoms with Crippen molar-refractivity contribution in [2.24, 2.45) is 0 Å². The lowest BCUT2D eigenvalue weighted by atomic mass is 10.2. The number of pyridine rings is 1. The highest BCUT2D eigenvalue weighted by atomic mass is 32.2. The quantitative estimate of drug-likeness (QED) is 0.582. The van der Waals surface area contributed by atoms with Crippen molar-refractivity contribution in [3.05, 3.63) is 60.3 Å². The highest BCUT2D eigenvalue weighted by molar-refractivity contribution is 7.98. The Morgan fingerprint density at radius 1 is 0.963 bits per heavy atom. The number of alkyl halides is 1. The van der Waals surface area contributed by atoms with Gasteiger partial charge in [0.2, 0.25) is 9.84 Å². The molecule has 27 heavy (non-hydrogen) atoms. The fourth-order valence-electron chi connectivity index (χ4n) is 2.46. The van der Waals surface area contributed by atoms with Crippen LogP contribution in [0, 0.1) is 0 Å². The lowest BCUT2D eigenvalue weighted by molar-refractivity contribution is 0.114. The maximum absolute atomic E-state index is 16.6. The van der Waals surface area contributed by atoms with Crippen LogP contribution in [-0.2, 0) is 28.2 Å². The van der Waals surface area contributed by atoms with Gasteiger partial charge in [0.05, 0.1) is 12.2 Å². The van der Waals surface area contributed by atoms with Crippen LogP contribution in [0.5, 0.6) is 0 Å². The summed E-state index contributed by atoms with van der Waals surface area (Å²) >= 11 is 0. The summed E-state index contributed by atoms with van der Waals surface area (Å²) in [4.78, 5) is 3.75. The van der Waals surface area contributed by atoms with E-state index in [2.05, 4.69) is 4.98 Å². The molecule has 0 amide bonds. The molecule has 2 aromatic rings. The average molecular weight is 415 g/mol. The molecule has 1 aromatic carbocycles. The standard InChI is InChI=1S/C18H23FNO5PS/c1-14(2)24-26(21,25-15(3)4)18(19,16-10-6-5-7-11-16)27(22,23)17-12-8-9-13-20-17/h5-15H,1-4H3. The first-order valence-corrected chi connectivity index (χ1v) is 11.4. The molecule has 148 valence electrons. The van der Waals surface area contributed by atoms with Crippen molar-refractivity contribution in [3.8, 4) is 0 Å². The van der Waals surface area contributed by atoms with Crippen LogP contribution in [0.3, 0.4) is 0 Å². The molecular weight excluding hydrogens is 392 g/mol. The molecule has 0 fully saturated rings. The predicted molar refractivity (Wildman–Crippen MR) is 101 cm³/mol. The van der Waals surface area contributed by atoms with Gasteiger partial charge < -0.3 is 9.05 Å². The van der Waals surface area contributed by atoms with Crippen molar-refractivity contribution in [3.63, 3.8) is 0 Å². The van der Waals surface area contributed by atoms with Crippen LogP contribution in [0.1, 0.15) is 33.3 Å². The van der Waals surface area contributed by atoms with Gasteiger partial charge in [-0.15, -0.1) is 0 Å². The summed E-state index contributed by atoms with van der Waals surface area (Å²) in [6.45, 7) is 6.09. The summed E-state index contributed by atoms with van der Waals surface area (Å²) in [6.07, 6.45) is -0.268. The number of nitrogens with zero attached hydrogens (tertiary/aromatic N) is 1. The number of benzene rings is 1. The van der Waals surface area contributed by atoms with E-state index in [-0.39, 0.29) is 5.56 Å². The number of rotatable bonds is 8. The second-order valence-electron chi connectivity index (χ2n) is 6.40. The van der Waals surface area contributed by atoms with E-state index < -0.39 is 39.4 Å². The van der Waals surface area contributed by atoms with Crippen molar-refractivity contribution in [1.82, 2.24) is 4.98 Å².